The van der Waals surface area contributed by atoms with Crippen molar-refractivity contribution in [2.75, 3.05) is 13.1 Å². The lowest BCUT2D eigenvalue weighted by Crippen LogP contribution is -2.42. The van der Waals surface area contributed by atoms with Crippen LogP contribution >= 0.6 is 0 Å². The SMILES string of the molecule is C=CCN(CC(=O)O)C1CCc2ccccc2C1. The molecule has 0 aromatic heterocycles. The Morgan fingerprint density at radius 3 is 2.83 bits per heavy atom. The Morgan fingerprint density at radius 2 is 2.17 bits per heavy atom. The summed E-state index contributed by atoms with van der Waals surface area (Å²) in [4.78, 5) is 12.9. The highest BCUT2D eigenvalue weighted by molar-refractivity contribution is 5.69. The molecule has 1 aliphatic rings. The third kappa shape index (κ3) is 2.99. The maximum atomic E-state index is 10.9. The van der Waals surface area contributed by atoms with Crippen molar-refractivity contribution in [3.8, 4) is 0 Å². The number of hydrogen-bond donors (Lipinski definition) is 1. The van der Waals surface area contributed by atoms with Crippen molar-refractivity contribution in [2.24, 2.45) is 0 Å². The van der Waals surface area contributed by atoms with Crippen LogP contribution in [0.2, 0.25) is 0 Å². The van der Waals surface area contributed by atoms with Crippen LogP contribution < -0.4 is 0 Å². The van der Waals surface area contributed by atoms with Crippen LogP contribution in [-0.2, 0) is 17.6 Å². The van der Waals surface area contributed by atoms with Gasteiger partial charge in [0.25, 0.3) is 0 Å². The predicted octanol–water partition coefficient (Wildman–Crippen LogP) is 2.12. The summed E-state index contributed by atoms with van der Waals surface area (Å²) in [5.41, 5.74) is 2.76. The normalized spacial score (nSPS) is 18.4. The van der Waals surface area contributed by atoms with Gasteiger partial charge in [0.05, 0.1) is 6.54 Å². The van der Waals surface area contributed by atoms with Gasteiger partial charge in [0, 0.05) is 12.6 Å². The van der Waals surface area contributed by atoms with Crippen molar-refractivity contribution in [1.29, 1.82) is 0 Å². The van der Waals surface area contributed by atoms with Gasteiger partial charge in [0.2, 0.25) is 0 Å². The fraction of sp³-hybridized carbons (Fsp3) is 0.400. The van der Waals surface area contributed by atoms with Crippen LogP contribution in [0.5, 0.6) is 0 Å². The number of benzene rings is 1. The van der Waals surface area contributed by atoms with Gasteiger partial charge in [-0.25, -0.2) is 0 Å². The first-order valence-electron chi connectivity index (χ1n) is 6.34. The first-order chi connectivity index (χ1) is 8.70. The number of carboxylic acid groups (broad SMARTS) is 1. The van der Waals surface area contributed by atoms with Crippen LogP contribution in [0.4, 0.5) is 0 Å². The third-order valence-electron chi connectivity index (χ3n) is 3.54. The summed E-state index contributed by atoms with van der Waals surface area (Å²) in [6, 6.07) is 8.75. The van der Waals surface area contributed by atoms with E-state index in [4.69, 9.17) is 5.11 Å². The third-order valence-corrected chi connectivity index (χ3v) is 3.54. The summed E-state index contributed by atoms with van der Waals surface area (Å²) >= 11 is 0. The Hall–Kier alpha value is -1.61. The summed E-state index contributed by atoms with van der Waals surface area (Å²) in [6.45, 7) is 4.45. The van der Waals surface area contributed by atoms with Crippen LogP contribution in [-0.4, -0.2) is 35.1 Å². The molecule has 96 valence electrons. The second-order valence-electron chi connectivity index (χ2n) is 4.78. The minimum atomic E-state index is -0.768. The van der Waals surface area contributed by atoms with Gasteiger partial charge in [0.15, 0.2) is 0 Å². The number of rotatable bonds is 5. The lowest BCUT2D eigenvalue weighted by molar-refractivity contribution is -0.138. The number of carbonyl (C=O) groups is 1. The predicted molar refractivity (Wildman–Crippen MR) is 71.7 cm³/mol. The molecule has 3 nitrogen and oxygen atoms in total. The van der Waals surface area contributed by atoms with Crippen LogP contribution in [0.15, 0.2) is 36.9 Å². The summed E-state index contributed by atoms with van der Waals surface area (Å²) in [7, 11) is 0. The van der Waals surface area contributed by atoms with Gasteiger partial charge in [-0.2, -0.15) is 0 Å². The summed E-state index contributed by atoms with van der Waals surface area (Å²) < 4.78 is 0. The average Bonchev–Trinajstić information content (AvgIpc) is 2.37. The lowest BCUT2D eigenvalue weighted by atomic mass is 9.87. The Bertz CT molecular complexity index is 442. The minimum absolute atomic E-state index is 0.0961. The maximum absolute atomic E-state index is 10.9. The number of carboxylic acids is 1. The number of hydrogen-bond acceptors (Lipinski definition) is 2. The molecule has 1 unspecified atom stereocenters. The van der Waals surface area contributed by atoms with E-state index in [2.05, 4.69) is 30.8 Å². The average molecular weight is 245 g/mol. The molecular formula is C15H19NO2. The highest BCUT2D eigenvalue weighted by Gasteiger charge is 2.24. The smallest absolute Gasteiger partial charge is 0.317 e. The molecular weight excluding hydrogens is 226 g/mol. The highest BCUT2D eigenvalue weighted by Crippen LogP contribution is 2.24. The molecule has 1 aromatic carbocycles. The zero-order chi connectivity index (χ0) is 13.0. The second-order valence-corrected chi connectivity index (χ2v) is 4.78. The van der Waals surface area contributed by atoms with Gasteiger partial charge in [-0.3, -0.25) is 9.69 Å². The van der Waals surface area contributed by atoms with E-state index in [0.717, 1.165) is 19.3 Å². The van der Waals surface area contributed by atoms with Crippen molar-refractivity contribution in [1.82, 2.24) is 4.90 Å². The van der Waals surface area contributed by atoms with Crippen LogP contribution in [0, 0.1) is 0 Å². The standard InChI is InChI=1S/C15H19NO2/c1-2-9-16(11-15(17)18)14-8-7-12-5-3-4-6-13(12)10-14/h2-6,14H,1,7-11H2,(H,17,18). The van der Waals surface area contributed by atoms with Gasteiger partial charge in [-0.1, -0.05) is 30.3 Å². The monoisotopic (exact) mass is 245 g/mol. The molecule has 0 heterocycles. The van der Waals surface area contributed by atoms with Gasteiger partial charge >= 0.3 is 5.97 Å². The molecule has 0 amide bonds. The topological polar surface area (TPSA) is 40.5 Å². The van der Waals surface area contributed by atoms with E-state index in [-0.39, 0.29) is 6.54 Å². The molecule has 0 fully saturated rings. The summed E-state index contributed by atoms with van der Waals surface area (Å²) in [5.74, 6) is -0.768. The van der Waals surface area contributed by atoms with Crippen LogP contribution in [0.25, 0.3) is 0 Å². The fourth-order valence-corrected chi connectivity index (χ4v) is 2.67. The first-order valence-corrected chi connectivity index (χ1v) is 6.34. The second kappa shape index (κ2) is 5.83. The van der Waals surface area contributed by atoms with Gasteiger partial charge < -0.3 is 5.11 Å². The van der Waals surface area contributed by atoms with E-state index in [0.29, 0.717) is 12.6 Å². The van der Waals surface area contributed by atoms with E-state index in [1.807, 2.05) is 4.90 Å². The molecule has 0 saturated heterocycles. The molecule has 1 aromatic rings. The molecule has 1 aliphatic carbocycles. The Morgan fingerprint density at radius 1 is 1.44 bits per heavy atom. The van der Waals surface area contributed by atoms with Crippen LogP contribution in [0.3, 0.4) is 0 Å². The zero-order valence-electron chi connectivity index (χ0n) is 10.5. The van der Waals surface area contributed by atoms with Crippen LogP contribution in [0.1, 0.15) is 17.5 Å². The molecule has 1 atom stereocenters. The molecule has 1 N–H and O–H groups in total. The van der Waals surface area contributed by atoms with Gasteiger partial charge in [0.1, 0.15) is 0 Å². The largest absolute Gasteiger partial charge is 0.480 e. The van der Waals surface area contributed by atoms with Gasteiger partial charge in [-0.05, 0) is 30.4 Å². The Balaban J connectivity index is 2.09. The van der Waals surface area contributed by atoms with Crippen molar-refractivity contribution >= 4 is 5.97 Å². The molecule has 0 aliphatic heterocycles. The Kier molecular flexibility index (Phi) is 4.15. The van der Waals surface area contributed by atoms with E-state index in [1.165, 1.54) is 11.1 Å². The number of nitrogens with zero attached hydrogens (tertiary/aromatic N) is 1. The summed E-state index contributed by atoms with van der Waals surface area (Å²) in [6.07, 6.45) is 4.78. The van der Waals surface area contributed by atoms with Crippen molar-refractivity contribution in [3.05, 3.63) is 48.0 Å². The molecule has 0 saturated carbocycles. The quantitative estimate of drug-likeness (QED) is 0.808. The van der Waals surface area contributed by atoms with Gasteiger partial charge in [-0.15, -0.1) is 6.58 Å². The van der Waals surface area contributed by atoms with E-state index in [1.54, 1.807) is 6.08 Å². The minimum Gasteiger partial charge on any atom is -0.480 e. The van der Waals surface area contributed by atoms with E-state index >= 15 is 0 Å². The van der Waals surface area contributed by atoms with E-state index < -0.39 is 5.97 Å². The fourth-order valence-electron chi connectivity index (χ4n) is 2.67. The lowest BCUT2D eigenvalue weighted by Gasteiger charge is -2.33. The molecule has 3 heteroatoms. The number of aliphatic carboxylic acids is 1. The Labute approximate surface area is 108 Å². The molecule has 0 spiro atoms. The molecule has 18 heavy (non-hydrogen) atoms. The van der Waals surface area contributed by atoms with Crippen molar-refractivity contribution in [2.45, 2.75) is 25.3 Å². The first kappa shape index (κ1) is 12.8. The number of fused-ring (bicyclic) bond motifs is 1. The molecule has 0 bridgehead atoms. The summed E-state index contributed by atoms with van der Waals surface area (Å²) in [5, 5.41) is 8.96. The molecule has 2 rings (SSSR count). The zero-order valence-corrected chi connectivity index (χ0v) is 10.5. The van der Waals surface area contributed by atoms with Crippen molar-refractivity contribution in [3.63, 3.8) is 0 Å². The maximum Gasteiger partial charge on any atom is 0.317 e. The molecule has 0 radical (unpaired) electrons. The van der Waals surface area contributed by atoms with Crippen molar-refractivity contribution < 1.29 is 9.90 Å². The van der Waals surface area contributed by atoms with E-state index in [9.17, 15) is 4.79 Å². The highest BCUT2D eigenvalue weighted by atomic mass is 16.4. The number of aryl methyl sites for hydroxylation is 1.